The molecule has 1 saturated heterocycles. The zero-order chi connectivity index (χ0) is 10.6. The number of nitrogens with zero attached hydrogens (tertiary/aromatic N) is 2. The zero-order valence-corrected chi connectivity index (χ0v) is 8.08. The molecule has 0 unspecified atom stereocenters. The van der Waals surface area contributed by atoms with Gasteiger partial charge in [0, 0.05) is 20.1 Å². The molecule has 1 aliphatic heterocycles. The smallest absolute Gasteiger partial charge is 0.320 e. The van der Waals surface area contributed by atoms with Gasteiger partial charge in [-0.1, -0.05) is 0 Å². The van der Waals surface area contributed by atoms with Crippen LogP contribution >= 0.6 is 0 Å². The van der Waals surface area contributed by atoms with Crippen LogP contribution in [0.2, 0.25) is 0 Å². The lowest BCUT2D eigenvalue weighted by Gasteiger charge is -2.30. The minimum Gasteiger partial charge on any atom is -0.378 e. The highest BCUT2D eigenvalue weighted by molar-refractivity contribution is 5.74. The summed E-state index contributed by atoms with van der Waals surface area (Å²) >= 11 is 0. The Morgan fingerprint density at radius 1 is 1.50 bits per heavy atom. The molecule has 1 fully saturated rings. The van der Waals surface area contributed by atoms with Crippen molar-refractivity contribution in [1.82, 2.24) is 9.80 Å². The van der Waals surface area contributed by atoms with Gasteiger partial charge >= 0.3 is 6.03 Å². The molecule has 0 aliphatic carbocycles. The number of urea groups is 1. The van der Waals surface area contributed by atoms with Crippen LogP contribution in [0.1, 0.15) is 0 Å². The lowest BCUT2D eigenvalue weighted by molar-refractivity contribution is 0.0383. The van der Waals surface area contributed by atoms with Gasteiger partial charge in [0.05, 0.1) is 19.8 Å². The Morgan fingerprint density at radius 2 is 2.07 bits per heavy atom. The maximum absolute atomic E-state index is 12.0. The van der Waals surface area contributed by atoms with Gasteiger partial charge < -0.3 is 14.5 Å². The first-order valence-corrected chi connectivity index (χ1v) is 4.47. The van der Waals surface area contributed by atoms with Gasteiger partial charge in [-0.15, -0.1) is 0 Å². The van der Waals surface area contributed by atoms with Crippen LogP contribution in [0.3, 0.4) is 0 Å². The summed E-state index contributed by atoms with van der Waals surface area (Å²) in [6, 6.07) is -0.353. The molecule has 6 heteroatoms. The molecule has 1 heterocycles. The summed E-state index contributed by atoms with van der Waals surface area (Å²) in [6.45, 7) is 1.40. The quantitative estimate of drug-likeness (QED) is 0.667. The van der Waals surface area contributed by atoms with E-state index in [0.29, 0.717) is 26.3 Å². The second kappa shape index (κ2) is 5.09. The number of halogens is 2. The fourth-order valence-corrected chi connectivity index (χ4v) is 1.28. The van der Waals surface area contributed by atoms with Crippen molar-refractivity contribution in [2.24, 2.45) is 0 Å². The van der Waals surface area contributed by atoms with Crippen LogP contribution in [0.5, 0.6) is 0 Å². The van der Waals surface area contributed by atoms with Crippen LogP contribution in [0.15, 0.2) is 0 Å². The molecule has 0 aromatic heterocycles. The number of carbonyl (C=O) groups is 1. The minimum atomic E-state index is -2.48. The van der Waals surface area contributed by atoms with E-state index in [1.807, 2.05) is 0 Å². The molecule has 0 saturated carbocycles. The third-order valence-corrected chi connectivity index (χ3v) is 2.02. The Labute approximate surface area is 81.4 Å². The predicted octanol–water partition coefficient (Wildman–Crippen LogP) is 0.635. The second-order valence-corrected chi connectivity index (χ2v) is 3.15. The van der Waals surface area contributed by atoms with Crippen molar-refractivity contribution >= 4 is 6.03 Å². The van der Waals surface area contributed by atoms with Gasteiger partial charge in [-0.05, 0) is 0 Å². The number of carbonyl (C=O) groups excluding carboxylic acids is 1. The Balaban J connectivity index is 2.38. The summed E-state index contributed by atoms with van der Waals surface area (Å²) in [5, 5.41) is 0. The lowest BCUT2D eigenvalue weighted by atomic mass is 10.4. The molecule has 4 nitrogen and oxygen atoms in total. The zero-order valence-electron chi connectivity index (χ0n) is 8.08. The van der Waals surface area contributed by atoms with Crippen molar-refractivity contribution in [2.75, 3.05) is 39.9 Å². The van der Waals surface area contributed by atoms with Gasteiger partial charge in [-0.25, -0.2) is 13.6 Å². The van der Waals surface area contributed by atoms with E-state index in [1.54, 1.807) is 0 Å². The van der Waals surface area contributed by atoms with E-state index in [1.165, 1.54) is 11.9 Å². The number of hydrogen-bond donors (Lipinski definition) is 0. The maximum atomic E-state index is 12.0. The van der Waals surface area contributed by atoms with Gasteiger partial charge in [0.25, 0.3) is 6.43 Å². The van der Waals surface area contributed by atoms with Gasteiger partial charge in [0.15, 0.2) is 0 Å². The highest BCUT2D eigenvalue weighted by Crippen LogP contribution is 2.03. The monoisotopic (exact) mass is 208 g/mol. The van der Waals surface area contributed by atoms with Crippen LogP contribution < -0.4 is 0 Å². The number of ether oxygens (including phenoxy) is 1. The Kier molecular flexibility index (Phi) is 4.06. The van der Waals surface area contributed by atoms with E-state index < -0.39 is 13.0 Å². The second-order valence-electron chi connectivity index (χ2n) is 3.15. The first-order chi connectivity index (χ1) is 6.61. The Hall–Kier alpha value is -0.910. The summed E-state index contributed by atoms with van der Waals surface area (Å²) < 4.78 is 29.0. The first kappa shape index (κ1) is 11.2. The third-order valence-electron chi connectivity index (χ3n) is 2.02. The van der Waals surface area contributed by atoms with E-state index in [-0.39, 0.29) is 6.03 Å². The van der Waals surface area contributed by atoms with Crippen LogP contribution in [0.25, 0.3) is 0 Å². The van der Waals surface area contributed by atoms with Gasteiger partial charge in [-0.3, -0.25) is 0 Å². The molecule has 2 amide bonds. The normalized spacial score (nSPS) is 17.3. The fraction of sp³-hybridized carbons (Fsp3) is 0.875. The standard InChI is InChI=1S/C8H14F2N2O2/c1-11(6-7(9)10)8(13)12-2-4-14-5-3-12/h7H,2-6H2,1H3. The molecule has 82 valence electrons. The average molecular weight is 208 g/mol. The Morgan fingerprint density at radius 3 is 2.57 bits per heavy atom. The third kappa shape index (κ3) is 3.10. The van der Waals surface area contributed by atoms with Crippen molar-refractivity contribution in [3.63, 3.8) is 0 Å². The Bertz CT molecular complexity index is 196. The molecule has 0 radical (unpaired) electrons. The van der Waals surface area contributed by atoms with Crippen molar-refractivity contribution in [3.05, 3.63) is 0 Å². The van der Waals surface area contributed by atoms with Crippen molar-refractivity contribution < 1.29 is 18.3 Å². The van der Waals surface area contributed by atoms with Crippen molar-refractivity contribution in [3.8, 4) is 0 Å². The van der Waals surface area contributed by atoms with E-state index >= 15 is 0 Å². The molecular formula is C8H14F2N2O2. The maximum Gasteiger partial charge on any atom is 0.320 e. The molecule has 1 rings (SSSR count). The summed E-state index contributed by atoms with van der Waals surface area (Å²) in [7, 11) is 1.38. The van der Waals surface area contributed by atoms with E-state index in [2.05, 4.69) is 0 Å². The highest BCUT2D eigenvalue weighted by Gasteiger charge is 2.21. The van der Waals surface area contributed by atoms with Crippen molar-refractivity contribution in [1.29, 1.82) is 0 Å². The van der Waals surface area contributed by atoms with E-state index in [9.17, 15) is 13.6 Å². The molecule has 0 N–H and O–H groups in total. The SMILES string of the molecule is CN(CC(F)F)C(=O)N1CCOCC1. The minimum absolute atomic E-state index is 0.353. The largest absolute Gasteiger partial charge is 0.378 e. The number of hydrogen-bond acceptors (Lipinski definition) is 2. The summed E-state index contributed by atoms with van der Waals surface area (Å²) in [5.41, 5.74) is 0. The van der Waals surface area contributed by atoms with E-state index in [4.69, 9.17) is 4.74 Å². The topological polar surface area (TPSA) is 32.8 Å². The number of rotatable bonds is 2. The average Bonchev–Trinajstić information content (AvgIpc) is 2.17. The molecular weight excluding hydrogens is 194 g/mol. The van der Waals surface area contributed by atoms with Crippen LogP contribution in [-0.2, 0) is 4.74 Å². The molecule has 0 atom stereocenters. The fourth-order valence-electron chi connectivity index (χ4n) is 1.28. The first-order valence-electron chi connectivity index (χ1n) is 4.47. The van der Waals surface area contributed by atoms with Crippen LogP contribution in [0.4, 0.5) is 13.6 Å². The highest BCUT2D eigenvalue weighted by atomic mass is 19.3. The summed E-state index contributed by atoms with van der Waals surface area (Å²) in [6.07, 6.45) is -2.48. The van der Waals surface area contributed by atoms with Crippen LogP contribution in [-0.4, -0.2) is 62.2 Å². The lowest BCUT2D eigenvalue weighted by Crippen LogP contribution is -2.47. The van der Waals surface area contributed by atoms with Gasteiger partial charge in [0.1, 0.15) is 0 Å². The molecule has 14 heavy (non-hydrogen) atoms. The summed E-state index contributed by atoms with van der Waals surface area (Å²) in [4.78, 5) is 14.1. The molecule has 1 aliphatic rings. The number of amides is 2. The molecule has 0 aromatic carbocycles. The van der Waals surface area contributed by atoms with E-state index in [0.717, 1.165) is 4.90 Å². The molecule has 0 aromatic rings. The number of alkyl halides is 2. The number of morpholine rings is 1. The summed E-state index contributed by atoms with van der Waals surface area (Å²) in [5.74, 6) is 0. The molecule has 0 bridgehead atoms. The van der Waals surface area contributed by atoms with Crippen molar-refractivity contribution in [2.45, 2.75) is 6.43 Å². The molecule has 0 spiro atoms. The van der Waals surface area contributed by atoms with Gasteiger partial charge in [0.2, 0.25) is 0 Å². The van der Waals surface area contributed by atoms with Gasteiger partial charge in [-0.2, -0.15) is 0 Å². The predicted molar refractivity (Wildman–Crippen MR) is 46.4 cm³/mol. The van der Waals surface area contributed by atoms with Crippen LogP contribution in [0, 0.1) is 0 Å².